The van der Waals surface area contributed by atoms with E-state index in [1.807, 2.05) is 6.92 Å². The van der Waals surface area contributed by atoms with E-state index in [2.05, 4.69) is 15.5 Å². The minimum atomic E-state index is -0.363. The maximum absolute atomic E-state index is 13.2. The smallest absolute Gasteiger partial charge is 0.236 e. The van der Waals surface area contributed by atoms with Gasteiger partial charge in [-0.15, -0.1) is 5.10 Å². The number of amidine groups is 1. The predicted octanol–water partition coefficient (Wildman–Crippen LogP) is 2.17. The molecule has 0 saturated carbocycles. The fourth-order valence-corrected chi connectivity index (χ4v) is 2.11. The molecule has 1 fully saturated rings. The highest BCUT2D eigenvalue weighted by atomic mass is 32.2. The van der Waals surface area contributed by atoms with Crippen LogP contribution in [-0.4, -0.2) is 29.6 Å². The summed E-state index contributed by atoms with van der Waals surface area (Å²) in [4.78, 5) is 11.0. The van der Waals surface area contributed by atoms with Crippen molar-refractivity contribution in [2.45, 2.75) is 13.3 Å². The lowest BCUT2D eigenvalue weighted by molar-refractivity contribution is -0.116. The second-order valence-corrected chi connectivity index (χ2v) is 4.98. The van der Waals surface area contributed by atoms with Gasteiger partial charge in [0.25, 0.3) is 0 Å². The second-order valence-electron chi connectivity index (χ2n) is 4.02. The molecule has 20 heavy (non-hydrogen) atoms. The molecule has 1 N–H and O–H groups in total. The normalized spacial score (nSPS) is 16.9. The molecule has 1 aliphatic heterocycles. The van der Waals surface area contributed by atoms with E-state index in [-0.39, 0.29) is 11.7 Å². The molecular weight excluding hydrogens is 281 g/mol. The van der Waals surface area contributed by atoms with Gasteiger partial charge >= 0.3 is 0 Å². The summed E-state index contributed by atoms with van der Waals surface area (Å²) in [5.74, 6) is 0.338. The SMILES string of the molecule is CCCOc1cc(F)ccc1C=NN=C1NC(=O)CS1. The summed E-state index contributed by atoms with van der Waals surface area (Å²) < 4.78 is 18.6. The predicted molar refractivity (Wildman–Crippen MR) is 77.8 cm³/mol. The minimum Gasteiger partial charge on any atom is -0.493 e. The second kappa shape index (κ2) is 7.04. The zero-order valence-electron chi connectivity index (χ0n) is 10.9. The number of amides is 1. The van der Waals surface area contributed by atoms with Crippen LogP contribution in [0.3, 0.4) is 0 Å². The molecule has 2 rings (SSSR count). The van der Waals surface area contributed by atoms with Crippen molar-refractivity contribution in [2.75, 3.05) is 12.4 Å². The molecule has 0 unspecified atom stereocenters. The van der Waals surface area contributed by atoms with Crippen LogP contribution in [0, 0.1) is 5.82 Å². The fraction of sp³-hybridized carbons (Fsp3) is 0.308. The standard InChI is InChI=1S/C13H14FN3O2S/c1-2-5-19-11-6-10(14)4-3-9(11)7-15-17-13-16-12(18)8-20-13/h3-4,6-7H,2,5,8H2,1H3,(H,16,17,18). The molecule has 0 aliphatic carbocycles. The summed E-state index contributed by atoms with van der Waals surface area (Å²) in [6, 6.07) is 4.22. The van der Waals surface area contributed by atoms with Crippen LogP contribution in [0.2, 0.25) is 0 Å². The van der Waals surface area contributed by atoms with Crippen LogP contribution >= 0.6 is 11.8 Å². The van der Waals surface area contributed by atoms with Crippen LogP contribution in [0.15, 0.2) is 28.4 Å². The van der Waals surface area contributed by atoms with E-state index in [1.54, 1.807) is 6.07 Å². The first kappa shape index (κ1) is 14.5. The molecule has 0 radical (unpaired) electrons. The molecule has 1 saturated heterocycles. The molecule has 1 aliphatic rings. The summed E-state index contributed by atoms with van der Waals surface area (Å²) in [7, 11) is 0. The number of rotatable bonds is 5. The number of carbonyl (C=O) groups excluding carboxylic acids is 1. The van der Waals surface area contributed by atoms with Crippen LogP contribution in [-0.2, 0) is 4.79 Å². The van der Waals surface area contributed by atoms with Gasteiger partial charge in [0.2, 0.25) is 5.91 Å². The molecule has 0 spiro atoms. The van der Waals surface area contributed by atoms with Crippen LogP contribution in [0.4, 0.5) is 4.39 Å². The molecule has 0 aromatic heterocycles. The van der Waals surface area contributed by atoms with Gasteiger partial charge in [-0.3, -0.25) is 4.79 Å². The molecule has 106 valence electrons. The van der Waals surface area contributed by atoms with Crippen molar-refractivity contribution in [3.05, 3.63) is 29.6 Å². The van der Waals surface area contributed by atoms with Gasteiger partial charge in [0.1, 0.15) is 11.6 Å². The third-order valence-corrected chi connectivity index (χ3v) is 3.23. The van der Waals surface area contributed by atoms with Crippen LogP contribution in [0.25, 0.3) is 0 Å². The molecule has 5 nitrogen and oxygen atoms in total. The van der Waals surface area contributed by atoms with Crippen LogP contribution in [0.1, 0.15) is 18.9 Å². The zero-order chi connectivity index (χ0) is 14.4. The van der Waals surface area contributed by atoms with Crippen molar-refractivity contribution in [1.29, 1.82) is 0 Å². The number of hydrogen-bond acceptors (Lipinski definition) is 5. The van der Waals surface area contributed by atoms with E-state index in [1.165, 1.54) is 30.1 Å². The number of ether oxygens (including phenoxy) is 1. The largest absolute Gasteiger partial charge is 0.493 e. The number of nitrogens with zero attached hydrogens (tertiary/aromatic N) is 2. The maximum atomic E-state index is 13.2. The molecule has 0 bridgehead atoms. The highest BCUT2D eigenvalue weighted by molar-refractivity contribution is 8.15. The van der Waals surface area contributed by atoms with Gasteiger partial charge in [0.15, 0.2) is 5.17 Å². The average molecular weight is 295 g/mol. The van der Waals surface area contributed by atoms with E-state index < -0.39 is 0 Å². The van der Waals surface area contributed by atoms with E-state index in [0.717, 1.165) is 6.42 Å². The Morgan fingerprint density at radius 3 is 3.10 bits per heavy atom. The molecule has 1 aromatic rings. The Morgan fingerprint density at radius 1 is 1.55 bits per heavy atom. The van der Waals surface area contributed by atoms with Crippen molar-refractivity contribution >= 4 is 29.1 Å². The highest BCUT2D eigenvalue weighted by Crippen LogP contribution is 2.18. The van der Waals surface area contributed by atoms with Gasteiger partial charge in [-0.2, -0.15) is 5.10 Å². The number of carbonyl (C=O) groups is 1. The summed E-state index contributed by atoms with van der Waals surface area (Å²) in [6.07, 6.45) is 2.31. The number of thioether (sulfide) groups is 1. The first-order chi connectivity index (χ1) is 9.69. The van der Waals surface area contributed by atoms with Gasteiger partial charge in [-0.1, -0.05) is 18.7 Å². The van der Waals surface area contributed by atoms with E-state index in [9.17, 15) is 9.18 Å². The highest BCUT2D eigenvalue weighted by Gasteiger charge is 2.15. The topological polar surface area (TPSA) is 63.1 Å². The van der Waals surface area contributed by atoms with Gasteiger partial charge in [-0.05, 0) is 18.6 Å². The minimum absolute atomic E-state index is 0.0855. The van der Waals surface area contributed by atoms with Gasteiger partial charge in [-0.25, -0.2) is 4.39 Å². The molecule has 1 amide bonds. The third kappa shape index (κ3) is 4.06. The summed E-state index contributed by atoms with van der Waals surface area (Å²) in [5.41, 5.74) is 0.638. The third-order valence-electron chi connectivity index (χ3n) is 2.37. The first-order valence-corrected chi connectivity index (χ1v) is 7.13. The summed E-state index contributed by atoms with van der Waals surface area (Å²) in [5, 5.41) is 10.8. The van der Waals surface area contributed by atoms with Crippen molar-refractivity contribution in [2.24, 2.45) is 10.2 Å². The maximum Gasteiger partial charge on any atom is 0.236 e. The number of benzene rings is 1. The Bertz CT molecular complexity index is 561. The van der Waals surface area contributed by atoms with E-state index >= 15 is 0 Å². The first-order valence-electron chi connectivity index (χ1n) is 6.15. The van der Waals surface area contributed by atoms with Gasteiger partial charge < -0.3 is 10.1 Å². The molecule has 7 heteroatoms. The quantitative estimate of drug-likeness (QED) is 0.669. The lowest BCUT2D eigenvalue weighted by Crippen LogP contribution is -2.19. The van der Waals surface area contributed by atoms with Crippen molar-refractivity contribution in [1.82, 2.24) is 5.32 Å². The van der Waals surface area contributed by atoms with Crippen molar-refractivity contribution in [3.8, 4) is 5.75 Å². The summed E-state index contributed by atoms with van der Waals surface area (Å²) >= 11 is 1.29. The van der Waals surface area contributed by atoms with Crippen LogP contribution in [0.5, 0.6) is 5.75 Å². The Labute approximate surface area is 120 Å². The molecular formula is C13H14FN3O2S. The molecule has 1 heterocycles. The van der Waals surface area contributed by atoms with E-state index in [0.29, 0.717) is 28.8 Å². The van der Waals surface area contributed by atoms with Crippen molar-refractivity contribution in [3.63, 3.8) is 0 Å². The monoisotopic (exact) mass is 295 g/mol. The Hall–Kier alpha value is -1.89. The zero-order valence-corrected chi connectivity index (χ0v) is 11.7. The Kier molecular flexibility index (Phi) is 5.11. The Morgan fingerprint density at radius 2 is 2.40 bits per heavy atom. The fourth-order valence-electron chi connectivity index (χ4n) is 1.47. The number of nitrogens with one attached hydrogen (secondary N) is 1. The van der Waals surface area contributed by atoms with Crippen molar-refractivity contribution < 1.29 is 13.9 Å². The lowest BCUT2D eigenvalue weighted by atomic mass is 10.2. The molecule has 0 atom stereocenters. The van der Waals surface area contributed by atoms with E-state index in [4.69, 9.17) is 4.74 Å². The van der Waals surface area contributed by atoms with Gasteiger partial charge in [0, 0.05) is 11.6 Å². The number of halogens is 1. The Balaban J connectivity index is 2.09. The summed E-state index contributed by atoms with van der Waals surface area (Å²) in [6.45, 7) is 2.48. The average Bonchev–Trinajstić information content (AvgIpc) is 2.84. The number of hydrogen-bond donors (Lipinski definition) is 1. The van der Waals surface area contributed by atoms with Crippen LogP contribution < -0.4 is 10.1 Å². The molecule has 1 aromatic carbocycles. The lowest BCUT2D eigenvalue weighted by Gasteiger charge is -2.07. The van der Waals surface area contributed by atoms with Gasteiger partial charge in [0.05, 0.1) is 18.6 Å².